The Morgan fingerprint density at radius 1 is 1.20 bits per heavy atom. The molecule has 0 aromatic heterocycles. The molecule has 0 heterocycles. The summed E-state index contributed by atoms with van der Waals surface area (Å²) < 4.78 is 0. The fraction of sp³-hybridized carbons (Fsp3) is 0.875. The maximum Gasteiger partial charge on any atom is 0.307 e. The van der Waals surface area contributed by atoms with E-state index in [9.17, 15) is 4.79 Å². The van der Waals surface area contributed by atoms with E-state index in [0.717, 1.165) is 0 Å². The molecule has 0 aliphatic heterocycles. The summed E-state index contributed by atoms with van der Waals surface area (Å²) in [5.74, 6) is 0.608. The zero-order chi connectivity index (χ0) is 7.14. The first kappa shape index (κ1) is 6.20. The van der Waals surface area contributed by atoms with Crippen LogP contribution >= 0.6 is 0 Å². The molecule has 2 fully saturated rings. The zero-order valence-electron chi connectivity index (χ0n) is 5.92. The molecule has 0 aromatic carbocycles. The summed E-state index contributed by atoms with van der Waals surface area (Å²) in [6.07, 6.45) is 4.85. The van der Waals surface area contributed by atoms with Gasteiger partial charge in [0, 0.05) is 0 Å². The average molecular weight is 140 g/mol. The molecular weight excluding hydrogens is 128 g/mol. The van der Waals surface area contributed by atoms with Gasteiger partial charge >= 0.3 is 5.97 Å². The molecule has 0 radical (unpaired) electrons. The van der Waals surface area contributed by atoms with Crippen LogP contribution in [0.15, 0.2) is 0 Å². The number of fused-ring (bicyclic) bond motifs is 1. The number of carboxylic acid groups (broad SMARTS) is 1. The highest BCUT2D eigenvalue weighted by Crippen LogP contribution is 2.55. The van der Waals surface area contributed by atoms with Gasteiger partial charge in [0.15, 0.2) is 0 Å². The SMILES string of the molecule is O=C(O)C1[C@H]2CCCC[C@H]12. The van der Waals surface area contributed by atoms with Gasteiger partial charge in [-0.15, -0.1) is 0 Å². The van der Waals surface area contributed by atoms with Crippen LogP contribution in [0.2, 0.25) is 0 Å². The van der Waals surface area contributed by atoms with Crippen molar-refractivity contribution in [2.75, 3.05) is 0 Å². The molecule has 2 saturated carbocycles. The summed E-state index contributed by atoms with van der Waals surface area (Å²) in [6.45, 7) is 0. The lowest BCUT2D eigenvalue weighted by Gasteiger charge is -2.04. The highest BCUT2D eigenvalue weighted by molar-refractivity contribution is 5.74. The maximum atomic E-state index is 10.5. The molecule has 1 N–H and O–H groups in total. The molecule has 2 aliphatic carbocycles. The molecule has 0 amide bonds. The van der Waals surface area contributed by atoms with Crippen LogP contribution in [0.3, 0.4) is 0 Å². The highest BCUT2D eigenvalue weighted by atomic mass is 16.4. The fourth-order valence-electron chi connectivity index (χ4n) is 2.36. The molecule has 2 atom stereocenters. The van der Waals surface area contributed by atoms with E-state index in [4.69, 9.17) is 5.11 Å². The first-order valence-electron chi connectivity index (χ1n) is 4.03. The quantitative estimate of drug-likeness (QED) is 0.599. The van der Waals surface area contributed by atoms with Crippen LogP contribution in [0.5, 0.6) is 0 Å². The maximum absolute atomic E-state index is 10.5. The Labute approximate surface area is 60.2 Å². The van der Waals surface area contributed by atoms with Crippen LogP contribution in [0.4, 0.5) is 0 Å². The summed E-state index contributed by atoms with van der Waals surface area (Å²) in [6, 6.07) is 0. The van der Waals surface area contributed by atoms with Gasteiger partial charge in [-0.05, 0) is 24.7 Å². The Balaban J connectivity index is 1.99. The van der Waals surface area contributed by atoms with Crippen LogP contribution in [0.25, 0.3) is 0 Å². The Hall–Kier alpha value is -0.530. The van der Waals surface area contributed by atoms with Crippen molar-refractivity contribution in [3.8, 4) is 0 Å². The van der Waals surface area contributed by atoms with Gasteiger partial charge in [-0.1, -0.05) is 12.8 Å². The van der Waals surface area contributed by atoms with E-state index in [-0.39, 0.29) is 5.92 Å². The first-order chi connectivity index (χ1) is 4.80. The van der Waals surface area contributed by atoms with Crippen molar-refractivity contribution in [3.63, 3.8) is 0 Å². The second kappa shape index (κ2) is 1.97. The van der Waals surface area contributed by atoms with Crippen LogP contribution in [0.1, 0.15) is 25.7 Å². The second-order valence-corrected chi connectivity index (χ2v) is 3.48. The molecule has 0 aromatic rings. The molecule has 2 aliphatic rings. The number of carboxylic acids is 1. The number of hydrogen-bond donors (Lipinski definition) is 1. The first-order valence-corrected chi connectivity index (χ1v) is 4.03. The topological polar surface area (TPSA) is 37.3 Å². The minimum Gasteiger partial charge on any atom is -0.481 e. The third-order valence-corrected chi connectivity index (χ3v) is 2.94. The Morgan fingerprint density at radius 3 is 2.10 bits per heavy atom. The monoisotopic (exact) mass is 140 g/mol. The van der Waals surface area contributed by atoms with E-state index < -0.39 is 5.97 Å². The van der Waals surface area contributed by atoms with E-state index in [1.54, 1.807) is 0 Å². The van der Waals surface area contributed by atoms with Crippen LogP contribution in [-0.4, -0.2) is 11.1 Å². The number of hydrogen-bond acceptors (Lipinski definition) is 1. The van der Waals surface area contributed by atoms with E-state index in [1.807, 2.05) is 0 Å². The van der Waals surface area contributed by atoms with Gasteiger partial charge in [-0.3, -0.25) is 4.79 Å². The molecule has 0 spiro atoms. The molecule has 56 valence electrons. The van der Waals surface area contributed by atoms with Gasteiger partial charge in [0.05, 0.1) is 5.92 Å². The lowest BCUT2D eigenvalue weighted by Crippen LogP contribution is -1.99. The zero-order valence-corrected chi connectivity index (χ0v) is 5.92. The smallest absolute Gasteiger partial charge is 0.307 e. The Bertz CT molecular complexity index is 153. The van der Waals surface area contributed by atoms with Crippen LogP contribution in [0, 0.1) is 17.8 Å². The summed E-state index contributed by atoms with van der Waals surface area (Å²) in [7, 11) is 0. The summed E-state index contributed by atoms with van der Waals surface area (Å²) in [4.78, 5) is 10.5. The second-order valence-electron chi connectivity index (χ2n) is 3.48. The largest absolute Gasteiger partial charge is 0.481 e. The van der Waals surface area contributed by atoms with Crippen molar-refractivity contribution in [1.29, 1.82) is 0 Å². The predicted molar refractivity (Wildman–Crippen MR) is 36.6 cm³/mol. The molecule has 0 unspecified atom stereocenters. The minimum absolute atomic E-state index is 0.0440. The fourth-order valence-corrected chi connectivity index (χ4v) is 2.36. The van der Waals surface area contributed by atoms with E-state index in [1.165, 1.54) is 25.7 Å². The van der Waals surface area contributed by atoms with E-state index in [2.05, 4.69) is 0 Å². The minimum atomic E-state index is -0.558. The van der Waals surface area contributed by atoms with Crippen molar-refractivity contribution in [2.24, 2.45) is 17.8 Å². The number of aliphatic carboxylic acids is 1. The molecule has 2 heteroatoms. The van der Waals surface area contributed by atoms with Crippen molar-refractivity contribution < 1.29 is 9.90 Å². The average Bonchev–Trinajstić information content (AvgIpc) is 2.60. The normalized spacial score (nSPS) is 44.2. The Morgan fingerprint density at radius 2 is 1.70 bits per heavy atom. The van der Waals surface area contributed by atoms with Gasteiger partial charge in [-0.25, -0.2) is 0 Å². The molecule has 2 rings (SSSR count). The third-order valence-electron chi connectivity index (χ3n) is 2.94. The van der Waals surface area contributed by atoms with Crippen LogP contribution in [-0.2, 0) is 4.79 Å². The number of rotatable bonds is 1. The predicted octanol–water partition coefficient (Wildman–Crippen LogP) is 1.51. The van der Waals surface area contributed by atoms with E-state index in [0.29, 0.717) is 11.8 Å². The molecule has 0 saturated heterocycles. The summed E-state index contributed by atoms with van der Waals surface area (Å²) >= 11 is 0. The van der Waals surface area contributed by atoms with Gasteiger partial charge < -0.3 is 5.11 Å². The molecular formula is C8H12O2. The lowest BCUT2D eigenvalue weighted by atomic mass is 10.0. The molecule has 0 bridgehead atoms. The standard InChI is InChI=1S/C8H12O2/c9-8(10)7-5-3-1-2-4-6(5)7/h5-7H,1-4H2,(H,9,10)/t5-,6-/m0/s1. The lowest BCUT2D eigenvalue weighted by molar-refractivity contribution is -0.139. The van der Waals surface area contributed by atoms with Gasteiger partial charge in [-0.2, -0.15) is 0 Å². The molecule has 10 heavy (non-hydrogen) atoms. The van der Waals surface area contributed by atoms with Crippen LogP contribution < -0.4 is 0 Å². The van der Waals surface area contributed by atoms with Crippen molar-refractivity contribution in [3.05, 3.63) is 0 Å². The Kier molecular flexibility index (Phi) is 1.22. The number of carbonyl (C=O) groups is 1. The van der Waals surface area contributed by atoms with Crippen molar-refractivity contribution in [2.45, 2.75) is 25.7 Å². The van der Waals surface area contributed by atoms with Gasteiger partial charge in [0.2, 0.25) is 0 Å². The van der Waals surface area contributed by atoms with Gasteiger partial charge in [0.1, 0.15) is 0 Å². The highest BCUT2D eigenvalue weighted by Gasteiger charge is 2.54. The van der Waals surface area contributed by atoms with Crippen molar-refractivity contribution in [1.82, 2.24) is 0 Å². The third kappa shape index (κ3) is 0.746. The van der Waals surface area contributed by atoms with Gasteiger partial charge in [0.25, 0.3) is 0 Å². The summed E-state index contributed by atoms with van der Waals surface area (Å²) in [5.41, 5.74) is 0. The van der Waals surface area contributed by atoms with E-state index >= 15 is 0 Å². The molecule has 2 nitrogen and oxygen atoms in total. The van der Waals surface area contributed by atoms with Crippen molar-refractivity contribution >= 4 is 5.97 Å². The summed E-state index contributed by atoms with van der Waals surface area (Å²) in [5, 5.41) is 8.68.